The number of benzene rings is 1. The molecule has 1 N–H and O–H groups in total. The normalized spacial score (nSPS) is 21.0. The summed E-state index contributed by atoms with van der Waals surface area (Å²) in [6.07, 6.45) is -3.71. The molecule has 0 radical (unpaired) electrons. The first kappa shape index (κ1) is 19.6. The molecule has 0 aliphatic carbocycles. The number of hydrogen-bond acceptors (Lipinski definition) is 3. The summed E-state index contributed by atoms with van der Waals surface area (Å²) in [7, 11) is 0. The molecular formula is C20H22F3N3O3. The van der Waals surface area contributed by atoms with Gasteiger partial charge in [0.2, 0.25) is 11.8 Å². The van der Waals surface area contributed by atoms with Crippen LogP contribution in [0.2, 0.25) is 0 Å². The summed E-state index contributed by atoms with van der Waals surface area (Å²) in [4.78, 5) is 27.3. The fraction of sp³-hybridized carbons (Fsp3) is 0.500. The van der Waals surface area contributed by atoms with Gasteiger partial charge in [0.25, 0.3) is 0 Å². The molecule has 1 saturated heterocycles. The lowest BCUT2D eigenvalue weighted by Gasteiger charge is -2.30. The van der Waals surface area contributed by atoms with E-state index in [1.54, 1.807) is 4.90 Å². The Hall–Kier alpha value is -2.71. The van der Waals surface area contributed by atoms with Crippen molar-refractivity contribution in [3.8, 4) is 11.6 Å². The van der Waals surface area contributed by atoms with Gasteiger partial charge in [0.05, 0.1) is 23.3 Å². The topological polar surface area (TPSA) is 67.5 Å². The zero-order valence-corrected chi connectivity index (χ0v) is 16.3. The lowest BCUT2D eigenvalue weighted by molar-refractivity contribution is -0.137. The number of alkyl halides is 3. The predicted octanol–water partition coefficient (Wildman–Crippen LogP) is 3.63. The van der Waals surface area contributed by atoms with Crippen LogP contribution in [0.15, 0.2) is 29.1 Å². The molecular weight excluding hydrogens is 387 g/mol. The van der Waals surface area contributed by atoms with E-state index in [1.165, 1.54) is 16.7 Å². The lowest BCUT2D eigenvalue weighted by Crippen LogP contribution is -2.39. The minimum atomic E-state index is -4.56. The summed E-state index contributed by atoms with van der Waals surface area (Å²) in [5, 5.41) is 10.8. The third-order valence-electron chi connectivity index (χ3n) is 5.49. The molecule has 2 unspecified atom stereocenters. The second-order valence-corrected chi connectivity index (χ2v) is 8.93. The molecule has 2 atom stereocenters. The first-order valence-corrected chi connectivity index (χ1v) is 9.41. The van der Waals surface area contributed by atoms with Gasteiger partial charge in [-0.15, -0.1) is 0 Å². The Morgan fingerprint density at radius 3 is 2.55 bits per heavy atom. The highest BCUT2D eigenvalue weighted by molar-refractivity contribution is 5.78. The van der Waals surface area contributed by atoms with Crippen LogP contribution in [0, 0.1) is 5.41 Å². The Bertz CT molecular complexity index is 1050. The molecule has 1 aromatic heterocycles. The number of aromatic nitrogens is 2. The number of nitrogens with zero attached hydrogens (tertiary/aromatic N) is 3. The number of hydrogen-bond donors (Lipinski definition) is 1. The van der Waals surface area contributed by atoms with Crippen LogP contribution in [0.5, 0.6) is 5.88 Å². The van der Waals surface area contributed by atoms with Crippen molar-refractivity contribution in [1.82, 2.24) is 14.0 Å². The largest absolute Gasteiger partial charge is 0.493 e. The lowest BCUT2D eigenvalue weighted by atomic mass is 9.91. The van der Waals surface area contributed by atoms with Gasteiger partial charge in [-0.2, -0.15) is 13.2 Å². The smallest absolute Gasteiger partial charge is 0.416 e. The Morgan fingerprint density at radius 1 is 1.24 bits per heavy atom. The molecule has 1 amide bonds. The highest BCUT2D eigenvalue weighted by atomic mass is 19.4. The number of likely N-dealkylation sites (tertiary alicyclic amines) is 1. The highest BCUT2D eigenvalue weighted by Crippen LogP contribution is 2.49. The van der Waals surface area contributed by atoms with E-state index in [9.17, 15) is 27.9 Å². The van der Waals surface area contributed by atoms with Crippen molar-refractivity contribution >= 4 is 5.91 Å². The average molecular weight is 409 g/mol. The van der Waals surface area contributed by atoms with Crippen molar-refractivity contribution in [2.45, 2.75) is 51.9 Å². The molecule has 2 aromatic rings. The van der Waals surface area contributed by atoms with E-state index >= 15 is 0 Å². The van der Waals surface area contributed by atoms with Gasteiger partial charge < -0.3 is 10.0 Å². The molecule has 4 rings (SSSR count). The monoisotopic (exact) mass is 409 g/mol. The summed E-state index contributed by atoms with van der Waals surface area (Å²) >= 11 is 0. The van der Waals surface area contributed by atoms with Crippen molar-refractivity contribution in [2.75, 3.05) is 6.54 Å². The zero-order valence-electron chi connectivity index (χ0n) is 16.3. The van der Waals surface area contributed by atoms with Gasteiger partial charge in [-0.25, -0.2) is 9.36 Å². The Labute approximate surface area is 165 Å². The maximum atomic E-state index is 13.1. The van der Waals surface area contributed by atoms with Crippen LogP contribution in [0.4, 0.5) is 13.2 Å². The number of imidazole rings is 1. The van der Waals surface area contributed by atoms with Crippen LogP contribution in [-0.2, 0) is 11.0 Å². The van der Waals surface area contributed by atoms with E-state index in [4.69, 9.17) is 0 Å². The van der Waals surface area contributed by atoms with Gasteiger partial charge in [0.1, 0.15) is 5.69 Å². The molecule has 6 nitrogen and oxygen atoms in total. The number of carbonyl (C=O) groups is 1. The highest BCUT2D eigenvalue weighted by Gasteiger charge is 2.49. The van der Waals surface area contributed by atoms with Crippen LogP contribution in [0.25, 0.3) is 5.69 Å². The van der Waals surface area contributed by atoms with Crippen LogP contribution in [-0.4, -0.2) is 31.6 Å². The number of amides is 1. The van der Waals surface area contributed by atoms with Crippen molar-refractivity contribution in [2.24, 2.45) is 5.41 Å². The van der Waals surface area contributed by atoms with Gasteiger partial charge in [-0.3, -0.25) is 9.36 Å². The molecule has 1 aromatic carbocycles. The molecule has 2 bridgehead atoms. The third kappa shape index (κ3) is 3.12. The summed E-state index contributed by atoms with van der Waals surface area (Å²) in [6, 6.07) is 3.54. The third-order valence-corrected chi connectivity index (χ3v) is 5.49. The summed E-state index contributed by atoms with van der Waals surface area (Å²) < 4.78 is 41.5. The maximum absolute atomic E-state index is 13.1. The van der Waals surface area contributed by atoms with E-state index in [-0.39, 0.29) is 23.1 Å². The number of halogens is 3. The second-order valence-electron chi connectivity index (χ2n) is 8.93. The Morgan fingerprint density at radius 2 is 1.93 bits per heavy atom. The Balaban J connectivity index is 1.75. The molecule has 0 spiro atoms. The van der Waals surface area contributed by atoms with Gasteiger partial charge in [-0.1, -0.05) is 26.8 Å². The number of fused-ring (bicyclic) bond motifs is 5. The summed E-state index contributed by atoms with van der Waals surface area (Å²) in [5.41, 5.74) is -1.46. The minimum Gasteiger partial charge on any atom is -0.493 e. The van der Waals surface area contributed by atoms with E-state index in [2.05, 4.69) is 0 Å². The molecule has 29 heavy (non-hydrogen) atoms. The SMILES string of the molecule is CC(C)(C)CC(=O)N1CC2CC1c1c(O)n(-c3cccc(C(F)(F)F)c3)c(=O)n12. The van der Waals surface area contributed by atoms with Gasteiger partial charge >= 0.3 is 11.9 Å². The number of carbonyl (C=O) groups excluding carboxylic acids is 1. The maximum Gasteiger partial charge on any atom is 0.416 e. The van der Waals surface area contributed by atoms with Crippen LogP contribution < -0.4 is 5.69 Å². The average Bonchev–Trinajstić information content (AvgIpc) is 3.24. The van der Waals surface area contributed by atoms with Gasteiger partial charge in [0.15, 0.2) is 0 Å². The molecule has 156 valence electrons. The summed E-state index contributed by atoms with van der Waals surface area (Å²) in [6.45, 7) is 6.22. The van der Waals surface area contributed by atoms with E-state index in [0.29, 0.717) is 25.1 Å². The fourth-order valence-corrected chi connectivity index (χ4v) is 4.33. The van der Waals surface area contributed by atoms with Crippen molar-refractivity contribution < 1.29 is 23.1 Å². The quantitative estimate of drug-likeness (QED) is 0.824. The van der Waals surface area contributed by atoms with Crippen molar-refractivity contribution in [1.29, 1.82) is 0 Å². The fourth-order valence-electron chi connectivity index (χ4n) is 4.33. The van der Waals surface area contributed by atoms with Crippen LogP contribution >= 0.6 is 0 Å². The van der Waals surface area contributed by atoms with Gasteiger partial charge in [0, 0.05) is 13.0 Å². The molecule has 2 aliphatic rings. The number of rotatable bonds is 2. The van der Waals surface area contributed by atoms with Crippen molar-refractivity contribution in [3.05, 3.63) is 46.0 Å². The molecule has 0 saturated carbocycles. The Kier molecular flexibility index (Phi) is 4.15. The molecule has 3 heterocycles. The summed E-state index contributed by atoms with van der Waals surface area (Å²) in [5.74, 6) is -0.468. The van der Waals surface area contributed by atoms with Crippen LogP contribution in [0.3, 0.4) is 0 Å². The van der Waals surface area contributed by atoms with E-state index in [0.717, 1.165) is 16.7 Å². The first-order chi connectivity index (χ1) is 13.4. The molecule has 2 aliphatic heterocycles. The minimum absolute atomic E-state index is 0.0591. The first-order valence-electron chi connectivity index (χ1n) is 9.41. The zero-order chi connectivity index (χ0) is 21.3. The second kappa shape index (κ2) is 6.14. The predicted molar refractivity (Wildman–Crippen MR) is 98.9 cm³/mol. The van der Waals surface area contributed by atoms with Gasteiger partial charge in [-0.05, 0) is 30.0 Å². The number of aromatic hydroxyl groups is 1. The molecule has 1 fully saturated rings. The van der Waals surface area contributed by atoms with E-state index < -0.39 is 29.4 Å². The standard InChI is InChI=1S/C20H22F3N3O3/c1-19(2,3)9-15(27)24-10-13-8-14(24)16-17(28)26(18(29)25(13)16)12-6-4-5-11(7-12)20(21,22)23/h4-7,13-14,28H,8-10H2,1-3H3. The molecule has 9 heteroatoms. The van der Waals surface area contributed by atoms with Crippen molar-refractivity contribution in [3.63, 3.8) is 0 Å². The van der Waals surface area contributed by atoms with Crippen LogP contribution in [0.1, 0.15) is 57.0 Å². The van der Waals surface area contributed by atoms with E-state index in [1.807, 2.05) is 20.8 Å².